The molecule has 3 rings (SSSR count). The van der Waals surface area contributed by atoms with Crippen LogP contribution in [0.3, 0.4) is 0 Å². The SMILES string of the molecule is CC1CCCN(C(=O)Cc2cc(-c3ccccc3F)on2)C1. The van der Waals surface area contributed by atoms with Crippen molar-refractivity contribution in [2.24, 2.45) is 5.92 Å². The van der Waals surface area contributed by atoms with E-state index in [-0.39, 0.29) is 18.1 Å². The molecule has 1 amide bonds. The summed E-state index contributed by atoms with van der Waals surface area (Å²) >= 11 is 0. The van der Waals surface area contributed by atoms with Crippen molar-refractivity contribution in [1.82, 2.24) is 10.1 Å². The number of halogens is 1. The van der Waals surface area contributed by atoms with Crippen LogP contribution in [0.5, 0.6) is 0 Å². The van der Waals surface area contributed by atoms with Gasteiger partial charge in [-0.1, -0.05) is 24.2 Å². The van der Waals surface area contributed by atoms with Gasteiger partial charge >= 0.3 is 0 Å². The second kappa shape index (κ2) is 6.30. The summed E-state index contributed by atoms with van der Waals surface area (Å²) in [7, 11) is 0. The van der Waals surface area contributed by atoms with Crippen molar-refractivity contribution in [2.45, 2.75) is 26.2 Å². The Hall–Kier alpha value is -2.17. The minimum Gasteiger partial charge on any atom is -0.356 e. The molecule has 2 heterocycles. The first-order valence-electron chi connectivity index (χ1n) is 7.62. The minimum atomic E-state index is -0.360. The summed E-state index contributed by atoms with van der Waals surface area (Å²) in [6.07, 6.45) is 2.42. The first kappa shape index (κ1) is 14.8. The van der Waals surface area contributed by atoms with Crippen LogP contribution >= 0.6 is 0 Å². The Bertz CT molecular complexity index is 668. The molecular formula is C17H19FN2O2. The molecule has 1 aromatic carbocycles. The van der Waals surface area contributed by atoms with E-state index < -0.39 is 0 Å². The third kappa shape index (κ3) is 3.18. The number of hydrogen-bond donors (Lipinski definition) is 0. The predicted octanol–water partition coefficient (Wildman–Crippen LogP) is 3.28. The summed E-state index contributed by atoms with van der Waals surface area (Å²) in [5.41, 5.74) is 0.904. The van der Waals surface area contributed by atoms with E-state index in [4.69, 9.17) is 4.52 Å². The Balaban J connectivity index is 1.69. The van der Waals surface area contributed by atoms with Gasteiger partial charge in [0.25, 0.3) is 0 Å². The van der Waals surface area contributed by atoms with E-state index in [1.165, 1.54) is 12.5 Å². The molecule has 4 nitrogen and oxygen atoms in total. The van der Waals surface area contributed by atoms with Crippen molar-refractivity contribution in [2.75, 3.05) is 13.1 Å². The first-order chi connectivity index (χ1) is 10.6. The number of carbonyl (C=O) groups is 1. The number of aromatic nitrogens is 1. The Morgan fingerprint density at radius 3 is 3.05 bits per heavy atom. The van der Waals surface area contributed by atoms with Crippen LogP contribution in [0.15, 0.2) is 34.9 Å². The molecule has 116 valence electrons. The molecule has 1 aliphatic rings. The van der Waals surface area contributed by atoms with Gasteiger partial charge in [0, 0.05) is 19.2 Å². The van der Waals surface area contributed by atoms with Crippen molar-refractivity contribution >= 4 is 5.91 Å². The summed E-state index contributed by atoms with van der Waals surface area (Å²) in [4.78, 5) is 14.2. The van der Waals surface area contributed by atoms with Gasteiger partial charge in [-0.05, 0) is 30.9 Å². The molecule has 0 spiro atoms. The fourth-order valence-corrected chi connectivity index (χ4v) is 2.87. The number of piperidine rings is 1. The summed E-state index contributed by atoms with van der Waals surface area (Å²) < 4.78 is 18.9. The zero-order valence-electron chi connectivity index (χ0n) is 12.6. The zero-order chi connectivity index (χ0) is 15.5. The molecule has 1 aliphatic heterocycles. The number of nitrogens with zero attached hydrogens (tertiary/aromatic N) is 2. The topological polar surface area (TPSA) is 46.3 Å². The van der Waals surface area contributed by atoms with Gasteiger partial charge in [0.2, 0.25) is 5.91 Å². The van der Waals surface area contributed by atoms with Gasteiger partial charge in [0.05, 0.1) is 17.7 Å². The van der Waals surface area contributed by atoms with Crippen LogP contribution in [0.4, 0.5) is 4.39 Å². The highest BCUT2D eigenvalue weighted by atomic mass is 19.1. The van der Waals surface area contributed by atoms with Crippen molar-refractivity contribution in [3.8, 4) is 11.3 Å². The van der Waals surface area contributed by atoms with Crippen LogP contribution < -0.4 is 0 Å². The molecule has 0 saturated carbocycles. The predicted molar refractivity (Wildman–Crippen MR) is 80.6 cm³/mol. The van der Waals surface area contributed by atoms with Crippen molar-refractivity contribution in [1.29, 1.82) is 0 Å². The average Bonchev–Trinajstić information content (AvgIpc) is 2.96. The fourth-order valence-electron chi connectivity index (χ4n) is 2.87. The van der Waals surface area contributed by atoms with Crippen LogP contribution in [0, 0.1) is 11.7 Å². The monoisotopic (exact) mass is 302 g/mol. The molecule has 5 heteroatoms. The lowest BCUT2D eigenvalue weighted by molar-refractivity contribution is -0.132. The largest absolute Gasteiger partial charge is 0.356 e. The quantitative estimate of drug-likeness (QED) is 0.874. The van der Waals surface area contributed by atoms with Crippen molar-refractivity contribution in [3.63, 3.8) is 0 Å². The van der Waals surface area contributed by atoms with Crippen molar-refractivity contribution < 1.29 is 13.7 Å². The highest BCUT2D eigenvalue weighted by Crippen LogP contribution is 2.24. The molecular weight excluding hydrogens is 283 g/mol. The van der Waals surface area contributed by atoms with Crippen LogP contribution in [-0.2, 0) is 11.2 Å². The lowest BCUT2D eigenvalue weighted by Crippen LogP contribution is -2.39. The Kier molecular flexibility index (Phi) is 4.22. The number of amides is 1. The van der Waals surface area contributed by atoms with Crippen LogP contribution in [0.25, 0.3) is 11.3 Å². The number of likely N-dealkylation sites (tertiary alicyclic amines) is 1. The van der Waals surface area contributed by atoms with Gasteiger partial charge in [-0.15, -0.1) is 0 Å². The normalized spacial score (nSPS) is 18.5. The molecule has 1 saturated heterocycles. The third-order valence-corrected chi connectivity index (χ3v) is 4.04. The van der Waals surface area contributed by atoms with Crippen LogP contribution in [0.1, 0.15) is 25.5 Å². The molecule has 1 fully saturated rings. The number of hydrogen-bond acceptors (Lipinski definition) is 3. The summed E-state index contributed by atoms with van der Waals surface area (Å²) in [6.45, 7) is 3.77. The second-order valence-corrected chi connectivity index (χ2v) is 5.93. The maximum absolute atomic E-state index is 13.7. The zero-order valence-corrected chi connectivity index (χ0v) is 12.6. The molecule has 2 aromatic rings. The molecule has 0 radical (unpaired) electrons. The van der Waals surface area contributed by atoms with E-state index >= 15 is 0 Å². The van der Waals surface area contributed by atoms with Gasteiger partial charge in [-0.2, -0.15) is 0 Å². The van der Waals surface area contributed by atoms with Crippen LogP contribution in [0.2, 0.25) is 0 Å². The Labute approximate surface area is 128 Å². The number of benzene rings is 1. The highest BCUT2D eigenvalue weighted by Gasteiger charge is 2.22. The molecule has 0 bridgehead atoms. The number of rotatable bonds is 3. The Morgan fingerprint density at radius 1 is 1.45 bits per heavy atom. The van der Waals surface area contributed by atoms with E-state index in [1.807, 2.05) is 4.90 Å². The molecule has 1 unspecified atom stereocenters. The highest BCUT2D eigenvalue weighted by molar-refractivity contribution is 5.78. The van der Waals surface area contributed by atoms with Gasteiger partial charge in [0.1, 0.15) is 5.82 Å². The summed E-state index contributed by atoms with van der Waals surface area (Å²) in [6, 6.07) is 8.01. The van der Waals surface area contributed by atoms with Gasteiger partial charge < -0.3 is 9.42 Å². The standard InChI is InChI=1S/C17H19FN2O2/c1-12-5-4-8-20(11-12)17(21)10-13-9-16(22-19-13)14-6-2-3-7-15(14)18/h2-3,6-7,9,12H,4-5,8,10-11H2,1H3. The molecule has 22 heavy (non-hydrogen) atoms. The molecule has 0 N–H and O–H groups in total. The molecule has 1 atom stereocenters. The smallest absolute Gasteiger partial charge is 0.228 e. The molecule has 1 aromatic heterocycles. The van der Waals surface area contributed by atoms with Crippen LogP contribution in [-0.4, -0.2) is 29.1 Å². The van der Waals surface area contributed by atoms with E-state index in [0.717, 1.165) is 19.5 Å². The molecule has 0 aliphatic carbocycles. The second-order valence-electron chi connectivity index (χ2n) is 5.93. The average molecular weight is 302 g/mol. The van der Waals surface area contributed by atoms with Gasteiger partial charge in [-0.3, -0.25) is 4.79 Å². The lowest BCUT2D eigenvalue weighted by Gasteiger charge is -2.30. The maximum atomic E-state index is 13.7. The lowest BCUT2D eigenvalue weighted by atomic mass is 10.00. The minimum absolute atomic E-state index is 0.0555. The van der Waals surface area contributed by atoms with Gasteiger partial charge in [0.15, 0.2) is 5.76 Å². The van der Waals surface area contributed by atoms with E-state index in [9.17, 15) is 9.18 Å². The van der Waals surface area contributed by atoms with E-state index in [2.05, 4.69) is 12.1 Å². The maximum Gasteiger partial charge on any atom is 0.228 e. The van der Waals surface area contributed by atoms with Gasteiger partial charge in [-0.25, -0.2) is 4.39 Å². The van der Waals surface area contributed by atoms with E-state index in [1.54, 1.807) is 24.3 Å². The van der Waals surface area contributed by atoms with Crippen molar-refractivity contribution in [3.05, 3.63) is 41.8 Å². The first-order valence-corrected chi connectivity index (χ1v) is 7.62. The third-order valence-electron chi connectivity index (χ3n) is 4.04. The summed E-state index contributed by atoms with van der Waals surface area (Å²) in [5.74, 6) is 0.596. The van der Waals surface area contributed by atoms with E-state index in [0.29, 0.717) is 22.9 Å². The Morgan fingerprint density at radius 2 is 2.27 bits per heavy atom. The fraction of sp³-hybridized carbons (Fsp3) is 0.412. The summed E-state index contributed by atoms with van der Waals surface area (Å²) in [5, 5.41) is 3.90. The number of carbonyl (C=O) groups excluding carboxylic acids is 1.